The van der Waals surface area contributed by atoms with Crippen LogP contribution in [0.15, 0.2) is 48.0 Å². The van der Waals surface area contributed by atoms with Gasteiger partial charge in [0.1, 0.15) is 11.6 Å². The van der Waals surface area contributed by atoms with E-state index in [1.54, 1.807) is 12.1 Å². The normalized spacial score (nSPS) is 12.0. The van der Waals surface area contributed by atoms with Crippen LogP contribution in [0.25, 0.3) is 6.08 Å². The van der Waals surface area contributed by atoms with Gasteiger partial charge in [-0.1, -0.05) is 48.0 Å². The van der Waals surface area contributed by atoms with Gasteiger partial charge in [-0.15, -0.1) is 0 Å². The van der Waals surface area contributed by atoms with E-state index in [0.717, 1.165) is 16.7 Å². The van der Waals surface area contributed by atoms with E-state index in [-0.39, 0.29) is 5.57 Å². The molecule has 5 nitrogen and oxygen atoms in total. The molecule has 0 heterocycles. The van der Waals surface area contributed by atoms with Gasteiger partial charge in [-0.2, -0.15) is 5.26 Å². The molecule has 0 aliphatic carbocycles. The minimum absolute atomic E-state index is 0.162. The highest BCUT2D eigenvalue weighted by molar-refractivity contribution is 6.01. The Morgan fingerprint density at radius 2 is 1.67 bits per heavy atom. The summed E-state index contributed by atoms with van der Waals surface area (Å²) in [6.07, 6.45) is 0.406. The number of benzene rings is 2. The van der Waals surface area contributed by atoms with E-state index in [4.69, 9.17) is 4.74 Å². The summed E-state index contributed by atoms with van der Waals surface area (Å²) >= 11 is 0. The van der Waals surface area contributed by atoms with Crippen LogP contribution in [0.5, 0.6) is 0 Å². The molecule has 0 saturated heterocycles. The summed E-state index contributed by atoms with van der Waals surface area (Å²) in [6.45, 7) is 7.19. The van der Waals surface area contributed by atoms with Gasteiger partial charge < -0.3 is 10.1 Å². The van der Waals surface area contributed by atoms with Crippen molar-refractivity contribution in [1.82, 2.24) is 0 Å². The molecule has 0 aliphatic heterocycles. The fraction of sp³-hybridized carbons (Fsp3) is 0.227. The molecule has 0 aliphatic rings. The van der Waals surface area contributed by atoms with E-state index in [0.29, 0.717) is 11.3 Å². The van der Waals surface area contributed by atoms with Gasteiger partial charge in [0.2, 0.25) is 0 Å². The molecule has 2 aromatic carbocycles. The van der Waals surface area contributed by atoms with E-state index in [9.17, 15) is 14.9 Å². The van der Waals surface area contributed by atoms with E-state index in [1.165, 1.54) is 13.0 Å². The summed E-state index contributed by atoms with van der Waals surface area (Å²) in [5, 5.41) is 12.0. The van der Waals surface area contributed by atoms with Crippen LogP contribution >= 0.6 is 0 Å². The predicted octanol–water partition coefficient (Wildman–Crippen LogP) is 4.09. The van der Waals surface area contributed by atoms with Gasteiger partial charge in [-0.3, -0.25) is 4.79 Å². The fourth-order valence-corrected chi connectivity index (χ4v) is 2.48. The third-order valence-electron chi connectivity index (χ3n) is 4.11. The Balaban J connectivity index is 2.08. The second kappa shape index (κ2) is 8.81. The Hall–Kier alpha value is -3.39. The number of esters is 1. The number of para-hydroxylation sites is 1. The number of hydrogen-bond acceptors (Lipinski definition) is 4. The standard InChI is InChI=1S/C22H22N2O3/c1-14-8-10-18(11-9-14)12-19(13-23)22(26)27-17(4)21(25)24-20-15(2)6-5-7-16(20)3/h5-12,17H,1-4H3,(H,24,25)/b19-12+/t17-/m1/s1. The molecule has 0 spiro atoms. The second-order valence-electron chi connectivity index (χ2n) is 6.38. The molecule has 1 amide bonds. The van der Waals surface area contributed by atoms with Crippen LogP contribution in [0, 0.1) is 32.1 Å². The number of carbonyl (C=O) groups excluding carboxylic acids is 2. The first-order valence-electron chi connectivity index (χ1n) is 8.58. The van der Waals surface area contributed by atoms with Crippen LogP contribution in [-0.4, -0.2) is 18.0 Å². The van der Waals surface area contributed by atoms with E-state index >= 15 is 0 Å². The Morgan fingerprint density at radius 1 is 1.07 bits per heavy atom. The molecule has 2 aromatic rings. The van der Waals surface area contributed by atoms with Gasteiger partial charge >= 0.3 is 5.97 Å². The molecule has 0 unspecified atom stereocenters. The van der Waals surface area contributed by atoms with Crippen molar-refractivity contribution in [2.75, 3.05) is 5.32 Å². The minimum Gasteiger partial charge on any atom is -0.448 e. The fourth-order valence-electron chi connectivity index (χ4n) is 2.48. The maximum Gasteiger partial charge on any atom is 0.349 e. The average molecular weight is 362 g/mol. The Kier molecular flexibility index (Phi) is 6.51. The van der Waals surface area contributed by atoms with E-state index < -0.39 is 18.0 Å². The van der Waals surface area contributed by atoms with Crippen molar-refractivity contribution in [1.29, 1.82) is 5.26 Å². The lowest BCUT2D eigenvalue weighted by molar-refractivity contribution is -0.148. The highest BCUT2D eigenvalue weighted by atomic mass is 16.5. The summed E-state index contributed by atoms with van der Waals surface area (Å²) in [7, 11) is 0. The van der Waals surface area contributed by atoms with Crippen LogP contribution in [0.3, 0.4) is 0 Å². The maximum absolute atomic E-state index is 12.4. The summed E-state index contributed by atoms with van der Waals surface area (Å²) < 4.78 is 5.17. The van der Waals surface area contributed by atoms with Crippen molar-refractivity contribution in [2.24, 2.45) is 0 Å². The number of nitrogens with zero attached hydrogens (tertiary/aromatic N) is 1. The molecule has 0 fully saturated rings. The molecule has 27 heavy (non-hydrogen) atoms. The van der Waals surface area contributed by atoms with Crippen LogP contribution in [0.1, 0.15) is 29.2 Å². The quantitative estimate of drug-likeness (QED) is 0.494. The summed E-state index contributed by atoms with van der Waals surface area (Å²) in [5.74, 6) is -1.28. The van der Waals surface area contributed by atoms with Gasteiger partial charge in [0, 0.05) is 5.69 Å². The van der Waals surface area contributed by atoms with Gasteiger partial charge in [0.25, 0.3) is 5.91 Å². The molecule has 2 rings (SSSR count). The monoisotopic (exact) mass is 362 g/mol. The largest absolute Gasteiger partial charge is 0.448 e. The van der Waals surface area contributed by atoms with Gasteiger partial charge in [-0.25, -0.2) is 4.79 Å². The zero-order valence-electron chi connectivity index (χ0n) is 15.9. The SMILES string of the molecule is Cc1ccc(/C=C(\C#N)C(=O)O[C@H](C)C(=O)Nc2c(C)cccc2C)cc1. The van der Waals surface area contributed by atoms with Crippen molar-refractivity contribution < 1.29 is 14.3 Å². The first-order chi connectivity index (χ1) is 12.8. The summed E-state index contributed by atoms with van der Waals surface area (Å²) in [4.78, 5) is 24.6. The van der Waals surface area contributed by atoms with Gasteiger partial charge in [0.15, 0.2) is 6.10 Å². The number of amides is 1. The lowest BCUT2D eigenvalue weighted by Crippen LogP contribution is -2.30. The molecule has 0 bridgehead atoms. The minimum atomic E-state index is -1.04. The van der Waals surface area contributed by atoms with Crippen molar-refractivity contribution in [2.45, 2.75) is 33.8 Å². The number of nitriles is 1. The van der Waals surface area contributed by atoms with Crippen molar-refractivity contribution in [3.05, 3.63) is 70.3 Å². The third-order valence-corrected chi connectivity index (χ3v) is 4.11. The van der Waals surface area contributed by atoms with Crippen LogP contribution in [0.4, 0.5) is 5.69 Å². The topological polar surface area (TPSA) is 79.2 Å². The number of aryl methyl sites for hydroxylation is 3. The molecule has 1 N–H and O–H groups in total. The Bertz CT molecular complexity index is 901. The summed E-state index contributed by atoms with van der Waals surface area (Å²) in [5.41, 5.74) is 4.15. The van der Waals surface area contributed by atoms with Gasteiger partial charge in [0.05, 0.1) is 0 Å². The molecule has 5 heteroatoms. The third kappa shape index (κ3) is 5.29. The van der Waals surface area contributed by atoms with Crippen LogP contribution in [0.2, 0.25) is 0 Å². The van der Waals surface area contributed by atoms with Crippen molar-refractivity contribution in [3.63, 3.8) is 0 Å². The predicted molar refractivity (Wildman–Crippen MR) is 105 cm³/mol. The number of anilines is 1. The highest BCUT2D eigenvalue weighted by Gasteiger charge is 2.21. The first kappa shape index (κ1) is 19.9. The van der Waals surface area contributed by atoms with Gasteiger partial charge in [-0.05, 0) is 50.5 Å². The molecule has 1 atom stereocenters. The molecular formula is C22H22N2O3. The Morgan fingerprint density at radius 3 is 2.22 bits per heavy atom. The van der Waals surface area contributed by atoms with Crippen LogP contribution < -0.4 is 5.32 Å². The zero-order valence-corrected chi connectivity index (χ0v) is 15.9. The van der Waals surface area contributed by atoms with Crippen molar-refractivity contribution in [3.8, 4) is 6.07 Å². The molecular weight excluding hydrogens is 340 g/mol. The molecule has 0 aromatic heterocycles. The summed E-state index contributed by atoms with van der Waals surface area (Å²) in [6, 6.07) is 14.9. The lowest BCUT2D eigenvalue weighted by atomic mass is 10.1. The molecule has 0 radical (unpaired) electrons. The second-order valence-corrected chi connectivity index (χ2v) is 6.38. The molecule has 0 saturated carbocycles. The Labute approximate surface area is 159 Å². The lowest BCUT2D eigenvalue weighted by Gasteiger charge is -2.16. The number of carbonyl (C=O) groups is 2. The molecule has 138 valence electrons. The maximum atomic E-state index is 12.4. The van der Waals surface area contributed by atoms with Crippen molar-refractivity contribution >= 4 is 23.6 Å². The zero-order chi connectivity index (χ0) is 20.0. The number of ether oxygens (including phenoxy) is 1. The number of nitrogens with one attached hydrogen (secondary N) is 1. The smallest absolute Gasteiger partial charge is 0.349 e. The average Bonchev–Trinajstić information content (AvgIpc) is 2.64. The van der Waals surface area contributed by atoms with E-state index in [1.807, 2.05) is 57.2 Å². The number of rotatable bonds is 5. The first-order valence-corrected chi connectivity index (χ1v) is 8.58. The van der Waals surface area contributed by atoms with Crippen LogP contribution in [-0.2, 0) is 14.3 Å². The number of hydrogen-bond donors (Lipinski definition) is 1. The highest BCUT2D eigenvalue weighted by Crippen LogP contribution is 2.20. The van der Waals surface area contributed by atoms with E-state index in [2.05, 4.69) is 5.32 Å².